The Labute approximate surface area is 142 Å². The van der Waals surface area contributed by atoms with E-state index in [1.54, 1.807) is 0 Å². The fraction of sp³-hybridized carbons (Fsp3) is 0.375. The highest BCUT2D eigenvalue weighted by Crippen LogP contribution is 2.33. The second kappa shape index (κ2) is 6.50. The van der Waals surface area contributed by atoms with Gasteiger partial charge in [-0.3, -0.25) is 4.79 Å². The topological polar surface area (TPSA) is 81.2 Å². The van der Waals surface area contributed by atoms with Gasteiger partial charge in [-0.1, -0.05) is 0 Å². The molecule has 1 aromatic carbocycles. The zero-order valence-electron chi connectivity index (χ0n) is 13.3. The summed E-state index contributed by atoms with van der Waals surface area (Å²) in [6.07, 6.45) is 6.77. The molecular weight excluding hydrogens is 314 g/mol. The molecule has 7 heteroatoms. The van der Waals surface area contributed by atoms with Crippen molar-refractivity contribution in [3.05, 3.63) is 42.5 Å². The number of nitrogens with zero attached hydrogens (tertiary/aromatic N) is 3. The van der Waals surface area contributed by atoms with Crippen LogP contribution in [0.2, 0.25) is 0 Å². The van der Waals surface area contributed by atoms with Gasteiger partial charge in [-0.15, -0.1) is 0 Å². The zero-order chi connectivity index (χ0) is 15.9. The van der Waals surface area contributed by atoms with Gasteiger partial charge in [0.25, 0.3) is 0 Å². The van der Waals surface area contributed by atoms with E-state index in [0.29, 0.717) is 6.42 Å². The minimum atomic E-state index is -0.291. The van der Waals surface area contributed by atoms with Crippen molar-refractivity contribution in [2.24, 2.45) is 12.8 Å². The second-order valence-corrected chi connectivity index (χ2v) is 6.03. The minimum absolute atomic E-state index is 0. The third-order valence-electron chi connectivity index (χ3n) is 4.40. The van der Waals surface area contributed by atoms with Crippen LogP contribution in [-0.2, 0) is 11.8 Å². The first-order valence-electron chi connectivity index (χ1n) is 7.40. The van der Waals surface area contributed by atoms with Crippen LogP contribution in [0.4, 0.5) is 11.4 Å². The number of hydrogen-bond donors (Lipinski definition) is 2. The molecule has 2 heterocycles. The standard InChI is InChI=1S/C16H21N5O.ClH/c1-11-7-12(3-4-14(11)17)21-9-13(8-15(21)16(18)22)20-6-5-19(2)10-20;/h3-7,10,13,15H,8-9,17H2,1-2H3,(H-,18,22);1H. The van der Waals surface area contributed by atoms with Crippen LogP contribution in [0.5, 0.6) is 0 Å². The van der Waals surface area contributed by atoms with Crippen molar-refractivity contribution < 1.29 is 21.8 Å². The van der Waals surface area contributed by atoms with Gasteiger partial charge in [0.2, 0.25) is 12.2 Å². The van der Waals surface area contributed by atoms with E-state index in [4.69, 9.17) is 11.5 Å². The maximum atomic E-state index is 11.9. The summed E-state index contributed by atoms with van der Waals surface area (Å²) >= 11 is 0. The number of benzene rings is 1. The van der Waals surface area contributed by atoms with Gasteiger partial charge in [-0.25, -0.2) is 9.13 Å². The summed E-state index contributed by atoms with van der Waals surface area (Å²) < 4.78 is 4.13. The van der Waals surface area contributed by atoms with E-state index in [9.17, 15) is 4.79 Å². The first kappa shape index (κ1) is 17.1. The Morgan fingerprint density at radius 2 is 2.13 bits per heavy atom. The molecule has 0 bridgehead atoms. The molecule has 1 aliphatic rings. The number of anilines is 2. The van der Waals surface area contributed by atoms with Gasteiger partial charge in [-0.05, 0) is 30.7 Å². The Kier molecular flexibility index (Phi) is 4.85. The fourth-order valence-corrected chi connectivity index (χ4v) is 3.11. The molecule has 0 aliphatic carbocycles. The lowest BCUT2D eigenvalue weighted by atomic mass is 10.1. The number of nitrogens with two attached hydrogens (primary N) is 2. The lowest BCUT2D eigenvalue weighted by molar-refractivity contribution is -0.671. The lowest BCUT2D eigenvalue weighted by Gasteiger charge is -2.24. The lowest BCUT2D eigenvalue weighted by Crippen LogP contribution is -3.00. The number of aryl methyl sites for hydroxylation is 2. The molecule has 2 aromatic rings. The Balaban J connectivity index is 0.00000192. The predicted molar refractivity (Wildman–Crippen MR) is 85.2 cm³/mol. The number of aromatic nitrogens is 2. The summed E-state index contributed by atoms with van der Waals surface area (Å²) in [5.41, 5.74) is 14.3. The maximum absolute atomic E-state index is 11.9. The summed E-state index contributed by atoms with van der Waals surface area (Å²) in [4.78, 5) is 13.9. The van der Waals surface area contributed by atoms with Crippen molar-refractivity contribution in [3.63, 3.8) is 0 Å². The van der Waals surface area contributed by atoms with Crippen LogP contribution in [0.15, 0.2) is 36.9 Å². The Morgan fingerprint density at radius 1 is 1.39 bits per heavy atom. The molecule has 0 saturated carbocycles. The average Bonchev–Trinajstić information content (AvgIpc) is 3.08. The SMILES string of the molecule is Cc1cc(N2CC(n3cc[n+](C)c3)CC2C(N)=O)ccc1N.[Cl-]. The summed E-state index contributed by atoms with van der Waals surface area (Å²) in [6.45, 7) is 2.73. The molecule has 1 aliphatic heterocycles. The van der Waals surface area contributed by atoms with Crippen LogP contribution >= 0.6 is 0 Å². The molecule has 0 radical (unpaired) electrons. The van der Waals surface area contributed by atoms with Crippen molar-refractivity contribution in [2.75, 3.05) is 17.2 Å². The summed E-state index contributed by atoms with van der Waals surface area (Å²) in [6, 6.07) is 5.79. The van der Waals surface area contributed by atoms with E-state index in [1.807, 2.05) is 55.5 Å². The highest BCUT2D eigenvalue weighted by Gasteiger charge is 2.39. The molecule has 23 heavy (non-hydrogen) atoms. The van der Waals surface area contributed by atoms with Crippen LogP contribution < -0.4 is 33.3 Å². The number of amides is 1. The normalized spacial score (nSPS) is 20.3. The highest BCUT2D eigenvalue weighted by atomic mass is 35.5. The Hall–Kier alpha value is -2.21. The molecule has 124 valence electrons. The third kappa shape index (κ3) is 3.27. The highest BCUT2D eigenvalue weighted by molar-refractivity contribution is 5.84. The van der Waals surface area contributed by atoms with E-state index in [1.165, 1.54) is 0 Å². The second-order valence-electron chi connectivity index (χ2n) is 6.03. The quantitative estimate of drug-likeness (QED) is 0.481. The van der Waals surface area contributed by atoms with Crippen LogP contribution in [0.1, 0.15) is 18.0 Å². The van der Waals surface area contributed by atoms with Crippen molar-refractivity contribution in [2.45, 2.75) is 25.4 Å². The minimum Gasteiger partial charge on any atom is -1.00 e. The maximum Gasteiger partial charge on any atom is 0.243 e. The number of rotatable bonds is 3. The molecule has 6 nitrogen and oxygen atoms in total. The smallest absolute Gasteiger partial charge is 0.243 e. The number of carbonyl (C=O) groups is 1. The molecule has 3 rings (SSSR count). The molecule has 1 saturated heterocycles. The van der Waals surface area contributed by atoms with E-state index in [0.717, 1.165) is 23.5 Å². The van der Waals surface area contributed by atoms with Gasteiger partial charge < -0.3 is 28.8 Å². The molecule has 1 aromatic heterocycles. The molecule has 2 unspecified atom stereocenters. The summed E-state index contributed by atoms with van der Waals surface area (Å²) in [5.74, 6) is -0.284. The van der Waals surface area contributed by atoms with Crippen LogP contribution in [-0.4, -0.2) is 23.1 Å². The van der Waals surface area contributed by atoms with E-state index in [-0.39, 0.29) is 30.4 Å². The molecular formula is C16H22ClN5O. The third-order valence-corrected chi connectivity index (χ3v) is 4.40. The monoisotopic (exact) mass is 335 g/mol. The van der Waals surface area contributed by atoms with Gasteiger partial charge in [0.1, 0.15) is 24.5 Å². The number of hydrogen-bond acceptors (Lipinski definition) is 3. The summed E-state index contributed by atoms with van der Waals surface area (Å²) in [5, 5.41) is 0. The number of imidazole rings is 1. The molecule has 1 amide bonds. The largest absolute Gasteiger partial charge is 1.00 e. The summed E-state index contributed by atoms with van der Waals surface area (Å²) in [7, 11) is 1.98. The average molecular weight is 336 g/mol. The predicted octanol–water partition coefficient (Wildman–Crippen LogP) is -2.49. The van der Waals surface area contributed by atoms with E-state index in [2.05, 4.69) is 9.47 Å². The van der Waals surface area contributed by atoms with Crippen molar-refractivity contribution in [1.29, 1.82) is 0 Å². The van der Waals surface area contributed by atoms with Crippen molar-refractivity contribution >= 4 is 17.3 Å². The van der Waals surface area contributed by atoms with Crippen molar-refractivity contribution in [3.8, 4) is 0 Å². The Morgan fingerprint density at radius 3 is 2.70 bits per heavy atom. The molecule has 4 N–H and O–H groups in total. The number of carbonyl (C=O) groups excluding carboxylic acids is 1. The number of halogens is 1. The first-order chi connectivity index (χ1) is 10.5. The fourth-order valence-electron chi connectivity index (χ4n) is 3.11. The van der Waals surface area contributed by atoms with Crippen LogP contribution in [0.3, 0.4) is 0 Å². The number of primary amides is 1. The van der Waals surface area contributed by atoms with E-state index < -0.39 is 0 Å². The molecule has 1 fully saturated rings. The van der Waals surface area contributed by atoms with Crippen molar-refractivity contribution in [1.82, 2.24) is 4.57 Å². The van der Waals surface area contributed by atoms with Crippen LogP contribution in [0, 0.1) is 6.92 Å². The molecule has 0 spiro atoms. The van der Waals surface area contributed by atoms with Gasteiger partial charge >= 0.3 is 0 Å². The molecule has 2 atom stereocenters. The van der Waals surface area contributed by atoms with Crippen LogP contribution in [0.25, 0.3) is 0 Å². The van der Waals surface area contributed by atoms with Gasteiger partial charge in [0, 0.05) is 17.8 Å². The Bertz CT molecular complexity index is 714. The van der Waals surface area contributed by atoms with E-state index >= 15 is 0 Å². The van der Waals surface area contributed by atoms with Gasteiger partial charge in [-0.2, -0.15) is 0 Å². The number of nitrogen functional groups attached to an aromatic ring is 1. The van der Waals surface area contributed by atoms with Gasteiger partial charge in [0.15, 0.2) is 0 Å². The first-order valence-corrected chi connectivity index (χ1v) is 7.40. The van der Waals surface area contributed by atoms with Gasteiger partial charge in [0.05, 0.1) is 13.6 Å². The zero-order valence-corrected chi connectivity index (χ0v) is 14.1.